The number of amides is 1. The van der Waals surface area contributed by atoms with Crippen molar-refractivity contribution >= 4 is 34.7 Å². The number of aliphatic hydroxyl groups is 1. The molecule has 4 rings (SSSR count). The van der Waals surface area contributed by atoms with Crippen LogP contribution in [0.1, 0.15) is 30.0 Å². The molecule has 8 nitrogen and oxygen atoms in total. The van der Waals surface area contributed by atoms with Gasteiger partial charge >= 0.3 is 0 Å². The minimum absolute atomic E-state index is 0.0702. The summed E-state index contributed by atoms with van der Waals surface area (Å²) in [6.45, 7) is 0.769. The van der Waals surface area contributed by atoms with Gasteiger partial charge in [-0.25, -0.2) is 0 Å². The van der Waals surface area contributed by atoms with E-state index >= 15 is 0 Å². The normalized spacial score (nSPS) is 22.8. The molecule has 0 aromatic heterocycles. The minimum atomic E-state index is -0.888. The monoisotopic (exact) mass is 442 g/mol. The number of ketones is 1. The quantitative estimate of drug-likeness (QED) is 0.247. The molecule has 160 valence electrons. The average Bonchev–Trinajstić information content (AvgIpc) is 3.36. The zero-order valence-electron chi connectivity index (χ0n) is 16.4. The molecule has 0 saturated carbocycles. The van der Waals surface area contributed by atoms with Gasteiger partial charge in [-0.3, -0.25) is 19.7 Å². The summed E-state index contributed by atoms with van der Waals surface area (Å²) in [4.78, 5) is 37.7. The number of non-ortho nitro benzene ring substituents is 1. The number of ether oxygens (including phenoxy) is 1. The van der Waals surface area contributed by atoms with Gasteiger partial charge in [0.1, 0.15) is 5.76 Å². The lowest BCUT2D eigenvalue weighted by atomic mass is 9.95. The van der Waals surface area contributed by atoms with Crippen LogP contribution >= 0.6 is 11.6 Å². The number of rotatable bonds is 5. The van der Waals surface area contributed by atoms with Crippen LogP contribution < -0.4 is 0 Å². The topological polar surface area (TPSA) is 110 Å². The zero-order chi connectivity index (χ0) is 22.1. The van der Waals surface area contributed by atoms with Crippen molar-refractivity contribution in [2.24, 2.45) is 0 Å². The SMILES string of the molecule is O=C1C(=O)N(CC2CCCO2)C(c2ccc([N+](=O)[O-])cc2)/C1=C(/O)c1ccc(Cl)cc1. The Balaban J connectivity index is 1.81. The molecule has 2 aromatic carbocycles. The highest BCUT2D eigenvalue weighted by Crippen LogP contribution is 2.40. The summed E-state index contributed by atoms with van der Waals surface area (Å²) in [7, 11) is 0. The Morgan fingerprint density at radius 3 is 2.42 bits per heavy atom. The molecule has 2 unspecified atom stereocenters. The summed E-state index contributed by atoms with van der Waals surface area (Å²) in [5.74, 6) is -1.88. The number of hydrogen-bond donors (Lipinski definition) is 1. The lowest BCUT2D eigenvalue weighted by molar-refractivity contribution is -0.384. The number of nitro benzene ring substituents is 1. The lowest BCUT2D eigenvalue weighted by Crippen LogP contribution is -2.36. The fraction of sp³-hybridized carbons (Fsp3) is 0.273. The van der Waals surface area contributed by atoms with E-state index in [1.807, 2.05) is 0 Å². The predicted octanol–water partition coefficient (Wildman–Crippen LogP) is 3.85. The molecule has 2 atom stereocenters. The van der Waals surface area contributed by atoms with E-state index in [-0.39, 0.29) is 29.7 Å². The summed E-state index contributed by atoms with van der Waals surface area (Å²) in [5, 5.41) is 22.4. The van der Waals surface area contributed by atoms with Crippen LogP contribution in [0.3, 0.4) is 0 Å². The number of nitro groups is 1. The molecule has 2 aliphatic heterocycles. The van der Waals surface area contributed by atoms with E-state index < -0.39 is 22.7 Å². The molecule has 2 aromatic rings. The van der Waals surface area contributed by atoms with Crippen molar-refractivity contribution in [2.75, 3.05) is 13.2 Å². The van der Waals surface area contributed by atoms with Crippen LogP contribution in [-0.4, -0.2) is 45.9 Å². The summed E-state index contributed by atoms with van der Waals surface area (Å²) in [6.07, 6.45) is 1.41. The van der Waals surface area contributed by atoms with E-state index in [0.717, 1.165) is 12.8 Å². The van der Waals surface area contributed by atoms with Gasteiger partial charge in [0.15, 0.2) is 0 Å². The maximum Gasteiger partial charge on any atom is 0.295 e. The molecule has 0 radical (unpaired) electrons. The molecule has 0 bridgehead atoms. The van der Waals surface area contributed by atoms with Gasteiger partial charge in [-0.05, 0) is 54.8 Å². The minimum Gasteiger partial charge on any atom is -0.507 e. The van der Waals surface area contributed by atoms with Crippen molar-refractivity contribution < 1.29 is 24.4 Å². The Morgan fingerprint density at radius 2 is 1.84 bits per heavy atom. The van der Waals surface area contributed by atoms with E-state index in [1.54, 1.807) is 24.3 Å². The van der Waals surface area contributed by atoms with Crippen LogP contribution in [0.2, 0.25) is 5.02 Å². The molecule has 31 heavy (non-hydrogen) atoms. The first kappa shape index (κ1) is 21.0. The molecule has 9 heteroatoms. The first-order valence-corrected chi connectivity index (χ1v) is 10.1. The highest BCUT2D eigenvalue weighted by Gasteiger charge is 2.47. The van der Waals surface area contributed by atoms with E-state index in [1.165, 1.54) is 29.2 Å². The summed E-state index contributed by atoms with van der Waals surface area (Å²) >= 11 is 5.92. The highest BCUT2D eigenvalue weighted by atomic mass is 35.5. The largest absolute Gasteiger partial charge is 0.507 e. The Hall–Kier alpha value is -3.23. The molecule has 2 aliphatic rings. The second-order valence-electron chi connectivity index (χ2n) is 7.44. The van der Waals surface area contributed by atoms with E-state index in [9.17, 15) is 24.8 Å². The Kier molecular flexibility index (Phi) is 5.75. The highest BCUT2D eigenvalue weighted by molar-refractivity contribution is 6.46. The summed E-state index contributed by atoms with van der Waals surface area (Å²) < 4.78 is 5.64. The van der Waals surface area contributed by atoms with Gasteiger partial charge in [-0.15, -0.1) is 0 Å². The standard InChI is InChI=1S/C22H19ClN2O6/c23-15-7-3-14(4-8-15)20(26)18-19(13-5-9-16(10-6-13)25(29)30)24(22(28)21(18)27)12-17-2-1-11-31-17/h3-10,17,19,26H,1-2,11-12H2/b20-18-. The molecule has 1 amide bonds. The molecular formula is C22H19ClN2O6. The zero-order valence-corrected chi connectivity index (χ0v) is 17.1. The molecule has 0 spiro atoms. The maximum atomic E-state index is 12.9. The maximum absolute atomic E-state index is 12.9. The van der Waals surface area contributed by atoms with Crippen molar-refractivity contribution in [1.29, 1.82) is 0 Å². The van der Waals surface area contributed by atoms with E-state index in [2.05, 4.69) is 0 Å². The van der Waals surface area contributed by atoms with Crippen LogP contribution in [0.15, 0.2) is 54.1 Å². The van der Waals surface area contributed by atoms with Crippen molar-refractivity contribution in [2.45, 2.75) is 25.0 Å². The van der Waals surface area contributed by atoms with Gasteiger partial charge in [0, 0.05) is 35.9 Å². The number of aliphatic hydroxyl groups excluding tert-OH is 1. The number of nitrogens with zero attached hydrogens (tertiary/aromatic N) is 2. The van der Waals surface area contributed by atoms with Crippen molar-refractivity contribution in [3.63, 3.8) is 0 Å². The van der Waals surface area contributed by atoms with Crippen LogP contribution in [0.4, 0.5) is 5.69 Å². The summed E-state index contributed by atoms with van der Waals surface area (Å²) in [6, 6.07) is 11.0. The molecule has 0 aliphatic carbocycles. The van der Waals surface area contributed by atoms with Gasteiger partial charge < -0.3 is 14.7 Å². The fourth-order valence-corrected chi connectivity index (χ4v) is 4.09. The Labute approximate surface area is 182 Å². The summed E-state index contributed by atoms with van der Waals surface area (Å²) in [5.41, 5.74) is 0.640. The van der Waals surface area contributed by atoms with Crippen LogP contribution in [-0.2, 0) is 14.3 Å². The predicted molar refractivity (Wildman–Crippen MR) is 113 cm³/mol. The molecule has 2 saturated heterocycles. The average molecular weight is 443 g/mol. The Morgan fingerprint density at radius 1 is 1.16 bits per heavy atom. The molecule has 2 fully saturated rings. The lowest BCUT2D eigenvalue weighted by Gasteiger charge is -2.27. The third-order valence-corrected chi connectivity index (χ3v) is 5.75. The number of carbonyl (C=O) groups excluding carboxylic acids is 2. The van der Waals surface area contributed by atoms with Crippen LogP contribution in [0.25, 0.3) is 5.76 Å². The van der Waals surface area contributed by atoms with Gasteiger partial charge in [-0.1, -0.05) is 11.6 Å². The van der Waals surface area contributed by atoms with Crippen molar-refractivity contribution in [3.8, 4) is 0 Å². The van der Waals surface area contributed by atoms with Crippen LogP contribution in [0, 0.1) is 10.1 Å². The smallest absolute Gasteiger partial charge is 0.295 e. The van der Waals surface area contributed by atoms with E-state index in [0.29, 0.717) is 22.8 Å². The third kappa shape index (κ3) is 4.04. The Bertz CT molecular complexity index is 1060. The second kappa shape index (κ2) is 8.49. The number of Topliss-reactive ketones (excluding diaryl/α,β-unsaturated/α-hetero) is 1. The van der Waals surface area contributed by atoms with Crippen LogP contribution in [0.5, 0.6) is 0 Å². The number of benzene rings is 2. The van der Waals surface area contributed by atoms with Crippen molar-refractivity contribution in [1.82, 2.24) is 4.90 Å². The molecular weight excluding hydrogens is 424 g/mol. The number of hydrogen-bond acceptors (Lipinski definition) is 6. The second-order valence-corrected chi connectivity index (χ2v) is 7.88. The number of halogens is 1. The first-order chi connectivity index (χ1) is 14.9. The van der Waals surface area contributed by atoms with Gasteiger partial charge in [0.25, 0.3) is 17.4 Å². The van der Waals surface area contributed by atoms with Gasteiger partial charge in [0.2, 0.25) is 0 Å². The third-order valence-electron chi connectivity index (χ3n) is 5.50. The first-order valence-electron chi connectivity index (χ1n) is 9.77. The van der Waals surface area contributed by atoms with E-state index in [4.69, 9.17) is 16.3 Å². The molecule has 1 N–H and O–H groups in total. The fourth-order valence-electron chi connectivity index (χ4n) is 3.96. The molecule has 2 heterocycles. The van der Waals surface area contributed by atoms with Crippen molar-refractivity contribution in [3.05, 3.63) is 80.4 Å². The van der Waals surface area contributed by atoms with Gasteiger partial charge in [0.05, 0.1) is 22.6 Å². The van der Waals surface area contributed by atoms with Gasteiger partial charge in [-0.2, -0.15) is 0 Å². The number of likely N-dealkylation sites (tertiary alicyclic amines) is 1. The number of carbonyl (C=O) groups is 2.